The summed E-state index contributed by atoms with van der Waals surface area (Å²) in [6, 6.07) is 4.48. The summed E-state index contributed by atoms with van der Waals surface area (Å²) in [5, 5.41) is 2.93. The van der Waals surface area contributed by atoms with Crippen LogP contribution in [0.15, 0.2) is 18.2 Å². The first-order valence-electron chi connectivity index (χ1n) is 7.29. The minimum Gasteiger partial charge on any atom is -0.352 e. The van der Waals surface area contributed by atoms with Crippen LogP contribution in [0.25, 0.3) is 0 Å². The molecule has 3 nitrogen and oxygen atoms in total. The van der Waals surface area contributed by atoms with Crippen LogP contribution in [0.1, 0.15) is 35.2 Å². The molecule has 1 aliphatic rings. The summed E-state index contributed by atoms with van der Waals surface area (Å²) in [6.45, 7) is 4.67. The number of rotatable bonds is 4. The van der Waals surface area contributed by atoms with Crippen molar-refractivity contribution in [3.8, 4) is 0 Å². The number of amides is 1. The molecule has 1 aromatic rings. The second-order valence-electron chi connectivity index (χ2n) is 5.76. The number of hydrogen-bond donors (Lipinski definition) is 1. The van der Waals surface area contributed by atoms with Crippen molar-refractivity contribution in [2.45, 2.75) is 26.2 Å². The van der Waals surface area contributed by atoms with Gasteiger partial charge in [-0.2, -0.15) is 0 Å². The quantitative estimate of drug-likeness (QED) is 0.918. The lowest BCUT2D eigenvalue weighted by atomic mass is 9.94. The number of benzene rings is 1. The third kappa shape index (κ3) is 4.04. The van der Waals surface area contributed by atoms with E-state index >= 15 is 0 Å². The van der Waals surface area contributed by atoms with Crippen LogP contribution in [-0.4, -0.2) is 37.5 Å². The molecule has 0 unspecified atom stereocenters. The lowest BCUT2D eigenvalue weighted by molar-refractivity contribution is 0.0949. The maximum absolute atomic E-state index is 13.2. The molecular weight excluding hydrogens is 255 g/mol. The van der Waals surface area contributed by atoms with Gasteiger partial charge in [-0.05, 0) is 76.0 Å². The Bertz CT molecular complexity index is 468. The van der Waals surface area contributed by atoms with E-state index in [1.807, 2.05) is 0 Å². The molecule has 1 saturated heterocycles. The number of aryl methyl sites for hydroxylation is 1. The predicted octanol–water partition coefficient (Wildman–Crippen LogP) is 2.60. The van der Waals surface area contributed by atoms with Crippen LogP contribution < -0.4 is 5.32 Å². The predicted molar refractivity (Wildman–Crippen MR) is 78.3 cm³/mol. The first kappa shape index (κ1) is 15.0. The molecule has 4 heteroatoms. The molecular formula is C16H23FN2O. The van der Waals surface area contributed by atoms with Gasteiger partial charge in [0.15, 0.2) is 0 Å². The highest BCUT2D eigenvalue weighted by molar-refractivity contribution is 5.94. The summed E-state index contributed by atoms with van der Waals surface area (Å²) < 4.78 is 13.2. The van der Waals surface area contributed by atoms with Crippen LogP contribution >= 0.6 is 0 Å². The highest BCUT2D eigenvalue weighted by atomic mass is 19.1. The minimum absolute atomic E-state index is 0.110. The van der Waals surface area contributed by atoms with E-state index in [9.17, 15) is 9.18 Å². The zero-order valence-electron chi connectivity index (χ0n) is 12.3. The minimum atomic E-state index is -0.270. The summed E-state index contributed by atoms with van der Waals surface area (Å²) in [4.78, 5) is 14.3. The number of carbonyl (C=O) groups is 1. The Morgan fingerprint density at radius 1 is 1.40 bits per heavy atom. The van der Waals surface area contributed by atoms with E-state index in [0.717, 1.165) is 19.5 Å². The number of piperidine rings is 1. The molecule has 0 spiro atoms. The van der Waals surface area contributed by atoms with E-state index in [1.54, 1.807) is 13.0 Å². The largest absolute Gasteiger partial charge is 0.352 e. The van der Waals surface area contributed by atoms with E-state index < -0.39 is 0 Å². The van der Waals surface area contributed by atoms with Crippen LogP contribution in [0.3, 0.4) is 0 Å². The Kier molecular flexibility index (Phi) is 5.12. The van der Waals surface area contributed by atoms with E-state index in [1.165, 1.54) is 25.0 Å². The SMILES string of the molecule is Cc1cc(C(=O)NCCC2CCN(C)CC2)ccc1F. The molecule has 1 aliphatic heterocycles. The molecule has 0 bridgehead atoms. The van der Waals surface area contributed by atoms with Crippen molar-refractivity contribution in [1.82, 2.24) is 10.2 Å². The van der Waals surface area contributed by atoms with Gasteiger partial charge in [0.1, 0.15) is 5.82 Å². The Labute approximate surface area is 120 Å². The van der Waals surface area contributed by atoms with Gasteiger partial charge in [-0.15, -0.1) is 0 Å². The highest BCUT2D eigenvalue weighted by Crippen LogP contribution is 2.18. The van der Waals surface area contributed by atoms with E-state index in [2.05, 4.69) is 17.3 Å². The van der Waals surface area contributed by atoms with Crippen molar-refractivity contribution in [1.29, 1.82) is 0 Å². The van der Waals surface area contributed by atoms with Gasteiger partial charge in [0.25, 0.3) is 5.91 Å². The van der Waals surface area contributed by atoms with Gasteiger partial charge in [0.2, 0.25) is 0 Å². The fourth-order valence-electron chi connectivity index (χ4n) is 2.63. The normalized spacial score (nSPS) is 17.1. The van der Waals surface area contributed by atoms with Crippen molar-refractivity contribution in [2.24, 2.45) is 5.92 Å². The Balaban J connectivity index is 1.76. The van der Waals surface area contributed by atoms with Gasteiger partial charge in [0, 0.05) is 12.1 Å². The average molecular weight is 278 g/mol. The number of hydrogen-bond acceptors (Lipinski definition) is 2. The Morgan fingerprint density at radius 3 is 2.75 bits per heavy atom. The molecule has 1 N–H and O–H groups in total. The van der Waals surface area contributed by atoms with Crippen molar-refractivity contribution >= 4 is 5.91 Å². The summed E-state index contributed by atoms with van der Waals surface area (Å²) in [5.41, 5.74) is 1.04. The third-order valence-corrected chi connectivity index (χ3v) is 4.10. The summed E-state index contributed by atoms with van der Waals surface area (Å²) in [6.07, 6.45) is 3.45. The maximum Gasteiger partial charge on any atom is 0.251 e. The molecule has 1 heterocycles. The van der Waals surface area contributed by atoms with E-state index in [4.69, 9.17) is 0 Å². The van der Waals surface area contributed by atoms with Crippen LogP contribution in [0, 0.1) is 18.7 Å². The van der Waals surface area contributed by atoms with E-state index in [0.29, 0.717) is 23.6 Å². The number of likely N-dealkylation sites (tertiary alicyclic amines) is 1. The Hall–Kier alpha value is -1.42. The molecule has 0 aliphatic carbocycles. The molecule has 0 saturated carbocycles. The smallest absolute Gasteiger partial charge is 0.251 e. The third-order valence-electron chi connectivity index (χ3n) is 4.10. The summed E-state index contributed by atoms with van der Waals surface area (Å²) in [7, 11) is 2.15. The zero-order chi connectivity index (χ0) is 14.5. The number of carbonyl (C=O) groups excluding carboxylic acids is 1. The van der Waals surface area contributed by atoms with Crippen LogP contribution in [0.4, 0.5) is 4.39 Å². The Morgan fingerprint density at radius 2 is 2.10 bits per heavy atom. The second-order valence-corrected chi connectivity index (χ2v) is 5.76. The monoisotopic (exact) mass is 278 g/mol. The highest BCUT2D eigenvalue weighted by Gasteiger charge is 2.16. The first-order chi connectivity index (χ1) is 9.56. The molecule has 0 aromatic heterocycles. The zero-order valence-corrected chi connectivity index (χ0v) is 12.3. The summed E-state index contributed by atoms with van der Waals surface area (Å²) in [5.74, 6) is 0.329. The van der Waals surface area contributed by atoms with Gasteiger partial charge in [-0.1, -0.05) is 0 Å². The van der Waals surface area contributed by atoms with Crippen molar-refractivity contribution in [2.75, 3.05) is 26.7 Å². The van der Waals surface area contributed by atoms with Crippen LogP contribution in [0.2, 0.25) is 0 Å². The fraction of sp³-hybridized carbons (Fsp3) is 0.562. The van der Waals surface area contributed by atoms with Crippen molar-refractivity contribution in [3.63, 3.8) is 0 Å². The second kappa shape index (κ2) is 6.84. The summed E-state index contributed by atoms with van der Waals surface area (Å²) >= 11 is 0. The number of nitrogens with one attached hydrogen (secondary N) is 1. The van der Waals surface area contributed by atoms with Gasteiger partial charge < -0.3 is 10.2 Å². The molecule has 1 amide bonds. The molecule has 1 aromatic carbocycles. The molecule has 2 rings (SSSR count). The number of halogens is 1. The van der Waals surface area contributed by atoms with Gasteiger partial charge in [-0.25, -0.2) is 4.39 Å². The number of nitrogens with zero attached hydrogens (tertiary/aromatic N) is 1. The molecule has 1 fully saturated rings. The van der Waals surface area contributed by atoms with Gasteiger partial charge in [0.05, 0.1) is 0 Å². The first-order valence-corrected chi connectivity index (χ1v) is 7.29. The molecule has 0 atom stereocenters. The van der Waals surface area contributed by atoms with Crippen LogP contribution in [-0.2, 0) is 0 Å². The molecule has 20 heavy (non-hydrogen) atoms. The van der Waals surface area contributed by atoms with Gasteiger partial charge in [-0.3, -0.25) is 4.79 Å². The van der Waals surface area contributed by atoms with E-state index in [-0.39, 0.29) is 11.7 Å². The molecule has 110 valence electrons. The maximum atomic E-state index is 13.2. The molecule has 0 radical (unpaired) electrons. The fourth-order valence-corrected chi connectivity index (χ4v) is 2.63. The lowest BCUT2D eigenvalue weighted by Gasteiger charge is -2.28. The lowest BCUT2D eigenvalue weighted by Crippen LogP contribution is -2.32. The van der Waals surface area contributed by atoms with Gasteiger partial charge >= 0.3 is 0 Å². The topological polar surface area (TPSA) is 32.3 Å². The van der Waals surface area contributed by atoms with Crippen LogP contribution in [0.5, 0.6) is 0 Å². The van der Waals surface area contributed by atoms with Crippen molar-refractivity contribution < 1.29 is 9.18 Å². The average Bonchev–Trinajstić information content (AvgIpc) is 2.44. The standard InChI is InChI=1S/C16H23FN2O/c1-12-11-14(3-4-15(12)17)16(20)18-8-5-13-6-9-19(2)10-7-13/h3-4,11,13H,5-10H2,1-2H3,(H,18,20). The van der Waals surface area contributed by atoms with Crippen molar-refractivity contribution in [3.05, 3.63) is 35.1 Å².